The van der Waals surface area contributed by atoms with Crippen LogP contribution in [0.25, 0.3) is 0 Å². The molecule has 2 atom stereocenters. The van der Waals surface area contributed by atoms with Gasteiger partial charge in [-0.15, -0.1) is 0 Å². The molecule has 0 aromatic heterocycles. The van der Waals surface area contributed by atoms with Crippen LogP contribution in [-0.4, -0.2) is 19.5 Å². The lowest BCUT2D eigenvalue weighted by Gasteiger charge is -2.30. The third kappa shape index (κ3) is 4.24. The summed E-state index contributed by atoms with van der Waals surface area (Å²) in [5, 5.41) is 7.70. The minimum absolute atomic E-state index is 0.0729. The van der Waals surface area contributed by atoms with Gasteiger partial charge in [-0.2, -0.15) is 0 Å². The molecular weight excluding hydrogens is 448 g/mol. The number of methoxy groups -OCH3 is 1. The van der Waals surface area contributed by atoms with E-state index >= 15 is 0 Å². The highest BCUT2D eigenvalue weighted by Gasteiger charge is 2.36. The first kappa shape index (κ1) is 22.4. The molecule has 0 radical (unpaired) electrons. The van der Waals surface area contributed by atoms with Crippen LogP contribution in [0.1, 0.15) is 42.9 Å². The molecule has 3 aromatic carbocycles. The maximum absolute atomic E-state index is 13.7. The largest absolute Gasteiger partial charge is 0.497 e. The number of allylic oxidation sites excluding steroid dienone is 1. The van der Waals surface area contributed by atoms with Crippen molar-refractivity contribution in [2.45, 2.75) is 31.7 Å². The highest BCUT2D eigenvalue weighted by Crippen LogP contribution is 2.45. The Bertz CT molecular complexity index is 1270. The summed E-state index contributed by atoms with van der Waals surface area (Å²) in [5.74, 6) is 1.63. The summed E-state index contributed by atoms with van der Waals surface area (Å²) < 4.78 is 11.0. The minimum Gasteiger partial charge on any atom is -0.497 e. The van der Waals surface area contributed by atoms with E-state index in [1.54, 1.807) is 7.11 Å². The summed E-state index contributed by atoms with van der Waals surface area (Å²) in [4.78, 5) is 13.7. The molecule has 0 spiro atoms. The van der Waals surface area contributed by atoms with Crippen molar-refractivity contribution in [1.29, 1.82) is 0 Å². The van der Waals surface area contributed by atoms with Crippen molar-refractivity contribution in [2.24, 2.45) is 0 Å². The van der Waals surface area contributed by atoms with E-state index in [9.17, 15) is 4.79 Å². The Labute approximate surface area is 204 Å². The lowest BCUT2D eigenvalue weighted by atomic mass is 9.78. The zero-order chi connectivity index (χ0) is 23.7. The lowest BCUT2D eigenvalue weighted by Crippen LogP contribution is -2.26. The number of hydrogen-bond acceptors (Lipinski definition) is 5. The molecule has 34 heavy (non-hydrogen) atoms. The van der Waals surface area contributed by atoms with Gasteiger partial charge in [-0.05, 0) is 66.8 Å². The predicted octanol–water partition coefficient (Wildman–Crippen LogP) is 6.73. The number of anilines is 2. The van der Waals surface area contributed by atoms with Gasteiger partial charge in [0.25, 0.3) is 0 Å². The Morgan fingerprint density at radius 3 is 2.56 bits per heavy atom. The first-order chi connectivity index (χ1) is 16.6. The van der Waals surface area contributed by atoms with E-state index in [0.717, 1.165) is 45.9 Å². The van der Waals surface area contributed by atoms with Gasteiger partial charge in [0.15, 0.2) is 5.78 Å². The third-order valence-electron chi connectivity index (χ3n) is 6.46. The van der Waals surface area contributed by atoms with Gasteiger partial charge in [0.2, 0.25) is 0 Å². The van der Waals surface area contributed by atoms with E-state index in [2.05, 4.69) is 16.7 Å². The molecule has 0 amide bonds. The average molecular weight is 475 g/mol. The smallest absolute Gasteiger partial charge is 0.163 e. The van der Waals surface area contributed by atoms with Gasteiger partial charge in [0.1, 0.15) is 11.5 Å². The van der Waals surface area contributed by atoms with Crippen LogP contribution < -0.4 is 20.1 Å². The number of Topliss-reactive ketones (excluding diaryl/α,β-unsaturated/α-hetero) is 1. The number of rotatable bonds is 5. The number of carbonyl (C=O) groups excluding carboxylic acids is 1. The normalized spacial score (nSPS) is 19.3. The van der Waals surface area contributed by atoms with Crippen LogP contribution in [0.3, 0.4) is 0 Å². The molecule has 1 heterocycles. The highest BCUT2D eigenvalue weighted by atomic mass is 35.5. The Morgan fingerprint density at radius 1 is 0.971 bits per heavy atom. The van der Waals surface area contributed by atoms with Crippen LogP contribution >= 0.6 is 11.6 Å². The zero-order valence-corrected chi connectivity index (χ0v) is 20.0. The first-order valence-electron chi connectivity index (χ1n) is 11.5. The molecular formula is C28H27ClN2O3. The van der Waals surface area contributed by atoms with E-state index in [1.807, 2.05) is 67.6 Å². The van der Waals surface area contributed by atoms with Crippen molar-refractivity contribution in [2.75, 3.05) is 24.4 Å². The molecule has 0 saturated heterocycles. The number of ketones is 1. The number of fused-ring (bicyclic) bond motifs is 1. The second kappa shape index (κ2) is 9.43. The van der Waals surface area contributed by atoms with Gasteiger partial charge in [-0.1, -0.05) is 41.9 Å². The molecule has 174 valence electrons. The van der Waals surface area contributed by atoms with Gasteiger partial charge < -0.3 is 20.1 Å². The number of benzene rings is 3. The Morgan fingerprint density at radius 2 is 1.79 bits per heavy atom. The van der Waals surface area contributed by atoms with Crippen molar-refractivity contribution in [3.8, 4) is 11.5 Å². The van der Waals surface area contributed by atoms with Crippen molar-refractivity contribution < 1.29 is 14.3 Å². The van der Waals surface area contributed by atoms with Crippen LogP contribution in [-0.2, 0) is 4.79 Å². The molecule has 2 aliphatic rings. The molecule has 2 N–H and O–H groups in total. The topological polar surface area (TPSA) is 59.6 Å². The minimum atomic E-state index is -0.321. The quantitative estimate of drug-likeness (QED) is 0.429. The average Bonchev–Trinajstić information content (AvgIpc) is 3.02. The van der Waals surface area contributed by atoms with E-state index < -0.39 is 0 Å². The number of hydrogen-bond donors (Lipinski definition) is 2. The van der Waals surface area contributed by atoms with Crippen LogP contribution in [0.4, 0.5) is 11.4 Å². The number of ether oxygens (including phenoxy) is 2. The molecule has 1 aliphatic heterocycles. The summed E-state index contributed by atoms with van der Waals surface area (Å²) in [7, 11) is 1.66. The van der Waals surface area contributed by atoms with Crippen molar-refractivity contribution in [1.82, 2.24) is 0 Å². The SMILES string of the molecule is CCOc1ccc(C2Nc3ccccc3NC3=C2C(=O)CC(c2cccc(OC)c2)C3)cc1Cl. The van der Waals surface area contributed by atoms with Crippen LogP contribution in [0.15, 0.2) is 78.0 Å². The fourth-order valence-corrected chi connectivity index (χ4v) is 5.09. The standard InChI is InChI=1S/C28H27ClN2O3/c1-3-34-26-12-11-18(14-21(26)29)28-27-24(30-22-9-4-5-10-23(22)31-28)15-19(16-25(27)32)17-7-6-8-20(13-17)33-2/h4-14,19,28,30-31H,3,15-16H2,1-2H3. The van der Waals surface area contributed by atoms with Gasteiger partial charge in [0.05, 0.1) is 36.2 Å². The first-order valence-corrected chi connectivity index (χ1v) is 11.9. The van der Waals surface area contributed by atoms with Gasteiger partial charge in [-0.3, -0.25) is 4.79 Å². The molecule has 0 fully saturated rings. The zero-order valence-electron chi connectivity index (χ0n) is 19.2. The fraction of sp³-hybridized carbons (Fsp3) is 0.250. The summed E-state index contributed by atoms with van der Waals surface area (Å²) in [6.45, 7) is 2.47. The molecule has 0 saturated carbocycles. The number of nitrogens with one attached hydrogen (secondary N) is 2. The summed E-state index contributed by atoms with van der Waals surface area (Å²) in [6.07, 6.45) is 1.17. The Hall–Kier alpha value is -3.44. The second-order valence-corrected chi connectivity index (χ2v) is 8.98. The number of para-hydroxylation sites is 2. The highest BCUT2D eigenvalue weighted by molar-refractivity contribution is 6.32. The molecule has 3 aromatic rings. The van der Waals surface area contributed by atoms with Crippen LogP contribution in [0.2, 0.25) is 5.02 Å². The fourth-order valence-electron chi connectivity index (χ4n) is 4.84. The van der Waals surface area contributed by atoms with E-state index in [1.165, 1.54) is 0 Å². The van der Waals surface area contributed by atoms with Crippen molar-refractivity contribution in [3.05, 3.63) is 94.1 Å². The maximum atomic E-state index is 13.7. The summed E-state index contributed by atoms with van der Waals surface area (Å²) >= 11 is 6.53. The maximum Gasteiger partial charge on any atom is 0.163 e. The van der Waals surface area contributed by atoms with Crippen molar-refractivity contribution >= 4 is 28.8 Å². The molecule has 5 rings (SSSR count). The predicted molar refractivity (Wildman–Crippen MR) is 136 cm³/mol. The Kier molecular flexibility index (Phi) is 6.20. The molecule has 2 unspecified atom stereocenters. The molecule has 6 heteroatoms. The lowest BCUT2D eigenvalue weighted by molar-refractivity contribution is -0.116. The van der Waals surface area contributed by atoms with Gasteiger partial charge in [0, 0.05) is 17.7 Å². The summed E-state index contributed by atoms with van der Waals surface area (Å²) in [6, 6.07) is 21.5. The van der Waals surface area contributed by atoms with E-state index in [0.29, 0.717) is 23.8 Å². The number of halogens is 1. The van der Waals surface area contributed by atoms with Gasteiger partial charge in [-0.25, -0.2) is 0 Å². The third-order valence-corrected chi connectivity index (χ3v) is 6.76. The van der Waals surface area contributed by atoms with Crippen LogP contribution in [0, 0.1) is 0 Å². The second-order valence-electron chi connectivity index (χ2n) is 8.57. The molecule has 1 aliphatic carbocycles. The molecule has 5 nitrogen and oxygen atoms in total. The Balaban J connectivity index is 1.58. The number of carbonyl (C=O) groups is 1. The monoisotopic (exact) mass is 474 g/mol. The van der Waals surface area contributed by atoms with E-state index in [4.69, 9.17) is 21.1 Å². The molecule has 0 bridgehead atoms. The van der Waals surface area contributed by atoms with Gasteiger partial charge >= 0.3 is 0 Å². The van der Waals surface area contributed by atoms with Crippen LogP contribution in [0.5, 0.6) is 11.5 Å². The summed E-state index contributed by atoms with van der Waals surface area (Å²) in [5.41, 5.74) is 5.62. The van der Waals surface area contributed by atoms with E-state index in [-0.39, 0.29) is 17.7 Å². The van der Waals surface area contributed by atoms with Crippen molar-refractivity contribution in [3.63, 3.8) is 0 Å².